The van der Waals surface area contributed by atoms with E-state index in [1.807, 2.05) is 6.92 Å². The molecule has 1 heterocycles. The van der Waals surface area contributed by atoms with Crippen LogP contribution in [0.5, 0.6) is 0 Å². The van der Waals surface area contributed by atoms with Gasteiger partial charge in [0.2, 0.25) is 0 Å². The van der Waals surface area contributed by atoms with Crippen molar-refractivity contribution in [2.75, 3.05) is 5.32 Å². The van der Waals surface area contributed by atoms with Gasteiger partial charge in [-0.2, -0.15) is 0 Å². The largest absolute Gasteiger partial charge is 0.363 e. The van der Waals surface area contributed by atoms with Crippen LogP contribution in [-0.4, -0.2) is 5.16 Å². The van der Waals surface area contributed by atoms with Gasteiger partial charge in [0, 0.05) is 12.6 Å². The van der Waals surface area contributed by atoms with Crippen molar-refractivity contribution in [2.24, 2.45) is 0 Å². The number of halogens is 2. The van der Waals surface area contributed by atoms with Crippen LogP contribution >= 0.6 is 11.6 Å². The van der Waals surface area contributed by atoms with Crippen LogP contribution in [-0.2, 0) is 6.54 Å². The van der Waals surface area contributed by atoms with Crippen LogP contribution in [0.15, 0.2) is 28.8 Å². The van der Waals surface area contributed by atoms with E-state index in [-0.39, 0.29) is 5.02 Å². The molecule has 1 aromatic heterocycles. The number of anilines is 1. The number of nitrogens with zero attached hydrogens (tertiary/aromatic N) is 1. The van der Waals surface area contributed by atoms with E-state index in [0.717, 1.165) is 11.3 Å². The van der Waals surface area contributed by atoms with Gasteiger partial charge in [0.05, 0.1) is 5.02 Å². The summed E-state index contributed by atoms with van der Waals surface area (Å²) in [6, 6.07) is 6.37. The Morgan fingerprint density at radius 1 is 1.44 bits per heavy atom. The van der Waals surface area contributed by atoms with Crippen LogP contribution in [0.2, 0.25) is 5.02 Å². The third-order valence-electron chi connectivity index (χ3n) is 2.09. The number of aromatic nitrogens is 1. The minimum Gasteiger partial charge on any atom is -0.363 e. The Bertz CT molecular complexity index is 498. The van der Waals surface area contributed by atoms with E-state index < -0.39 is 5.82 Å². The third-order valence-corrected chi connectivity index (χ3v) is 2.38. The topological polar surface area (TPSA) is 38.1 Å². The molecule has 16 heavy (non-hydrogen) atoms. The minimum absolute atomic E-state index is 0.121. The summed E-state index contributed by atoms with van der Waals surface area (Å²) in [5.41, 5.74) is 0.882. The van der Waals surface area contributed by atoms with Crippen LogP contribution in [0.25, 0.3) is 0 Å². The second-order valence-electron chi connectivity index (χ2n) is 3.42. The van der Waals surface area contributed by atoms with Gasteiger partial charge in [0.1, 0.15) is 11.6 Å². The van der Waals surface area contributed by atoms with Gasteiger partial charge in [-0.25, -0.2) is 4.39 Å². The molecule has 84 valence electrons. The Morgan fingerprint density at radius 3 is 2.88 bits per heavy atom. The highest BCUT2D eigenvalue weighted by Crippen LogP contribution is 2.17. The summed E-state index contributed by atoms with van der Waals surface area (Å²) in [7, 11) is 0. The fourth-order valence-corrected chi connectivity index (χ4v) is 1.50. The Hall–Kier alpha value is -1.55. The number of hydrogen-bond acceptors (Lipinski definition) is 3. The van der Waals surface area contributed by atoms with E-state index in [1.165, 1.54) is 6.07 Å². The smallest absolute Gasteiger partial charge is 0.169 e. The lowest BCUT2D eigenvalue weighted by Crippen LogP contribution is -1.99. The zero-order chi connectivity index (χ0) is 11.5. The van der Waals surface area contributed by atoms with Gasteiger partial charge in [-0.05, 0) is 24.6 Å². The Labute approximate surface area is 97.2 Å². The van der Waals surface area contributed by atoms with Crippen LogP contribution in [0.3, 0.4) is 0 Å². The second-order valence-corrected chi connectivity index (χ2v) is 3.83. The van der Waals surface area contributed by atoms with E-state index in [1.54, 1.807) is 18.2 Å². The normalized spacial score (nSPS) is 10.4. The second kappa shape index (κ2) is 4.53. The molecule has 0 bridgehead atoms. The van der Waals surface area contributed by atoms with E-state index in [0.29, 0.717) is 12.4 Å². The maximum atomic E-state index is 12.9. The molecule has 0 aliphatic rings. The highest BCUT2D eigenvalue weighted by atomic mass is 35.5. The van der Waals surface area contributed by atoms with Crippen molar-refractivity contribution in [3.05, 3.63) is 46.4 Å². The van der Waals surface area contributed by atoms with Crippen molar-refractivity contribution in [3.63, 3.8) is 0 Å². The van der Waals surface area contributed by atoms with Crippen LogP contribution in [0, 0.1) is 12.7 Å². The molecule has 0 amide bonds. The zero-order valence-corrected chi connectivity index (χ0v) is 9.38. The Morgan fingerprint density at radius 2 is 2.25 bits per heavy atom. The third kappa shape index (κ3) is 2.52. The van der Waals surface area contributed by atoms with Crippen molar-refractivity contribution < 1.29 is 8.91 Å². The maximum absolute atomic E-state index is 12.9. The molecule has 3 nitrogen and oxygen atoms in total. The van der Waals surface area contributed by atoms with E-state index in [9.17, 15) is 4.39 Å². The summed E-state index contributed by atoms with van der Waals surface area (Å²) < 4.78 is 17.8. The predicted molar refractivity (Wildman–Crippen MR) is 60.0 cm³/mol. The van der Waals surface area contributed by atoms with Gasteiger partial charge in [-0.15, -0.1) is 0 Å². The average Bonchev–Trinajstić information content (AvgIpc) is 2.66. The highest BCUT2D eigenvalue weighted by Gasteiger charge is 2.02. The van der Waals surface area contributed by atoms with Crippen molar-refractivity contribution in [1.82, 2.24) is 5.16 Å². The molecule has 0 unspecified atom stereocenters. The van der Waals surface area contributed by atoms with Gasteiger partial charge < -0.3 is 9.84 Å². The van der Waals surface area contributed by atoms with E-state index in [2.05, 4.69) is 10.5 Å². The van der Waals surface area contributed by atoms with E-state index in [4.69, 9.17) is 16.1 Å². The number of hydrogen-bond donors (Lipinski definition) is 1. The molecule has 1 aromatic carbocycles. The molecule has 0 aliphatic heterocycles. The summed E-state index contributed by atoms with van der Waals surface area (Å²) in [5, 5.41) is 6.94. The zero-order valence-electron chi connectivity index (χ0n) is 8.63. The molecule has 0 saturated heterocycles. The van der Waals surface area contributed by atoms with Gasteiger partial charge in [0.25, 0.3) is 0 Å². The molecule has 0 radical (unpaired) electrons. The SMILES string of the molecule is Cc1cc(NCc2ccc(F)c(Cl)c2)no1. The lowest BCUT2D eigenvalue weighted by molar-refractivity contribution is 0.399. The number of nitrogens with one attached hydrogen (secondary N) is 1. The molecule has 0 saturated carbocycles. The molecule has 2 rings (SSSR count). The van der Waals surface area contributed by atoms with Crippen molar-refractivity contribution in [1.29, 1.82) is 0 Å². The van der Waals surface area contributed by atoms with Gasteiger partial charge >= 0.3 is 0 Å². The predicted octanol–water partition coefficient (Wildman–Crippen LogP) is 3.39. The molecule has 0 spiro atoms. The summed E-state index contributed by atoms with van der Waals surface area (Å²) in [5.74, 6) is 0.972. The summed E-state index contributed by atoms with van der Waals surface area (Å²) >= 11 is 5.66. The highest BCUT2D eigenvalue weighted by molar-refractivity contribution is 6.30. The maximum Gasteiger partial charge on any atom is 0.169 e. The fourth-order valence-electron chi connectivity index (χ4n) is 1.29. The quantitative estimate of drug-likeness (QED) is 0.894. The number of rotatable bonds is 3. The van der Waals surface area contributed by atoms with Crippen LogP contribution < -0.4 is 5.32 Å². The Balaban J connectivity index is 2.02. The summed E-state index contributed by atoms with van der Waals surface area (Å²) in [6.45, 7) is 2.33. The first-order chi connectivity index (χ1) is 7.65. The molecule has 2 aromatic rings. The Kier molecular flexibility index (Phi) is 3.10. The van der Waals surface area contributed by atoms with Crippen molar-refractivity contribution >= 4 is 17.4 Å². The van der Waals surface area contributed by atoms with Crippen LogP contribution in [0.1, 0.15) is 11.3 Å². The minimum atomic E-state index is -0.414. The average molecular weight is 241 g/mol. The monoisotopic (exact) mass is 240 g/mol. The number of benzene rings is 1. The van der Waals surface area contributed by atoms with Crippen molar-refractivity contribution in [3.8, 4) is 0 Å². The molecule has 1 N–H and O–H groups in total. The fraction of sp³-hybridized carbons (Fsp3) is 0.182. The molecule has 0 fully saturated rings. The van der Waals surface area contributed by atoms with Gasteiger partial charge in [0.15, 0.2) is 5.82 Å². The molecule has 0 atom stereocenters. The van der Waals surface area contributed by atoms with Crippen molar-refractivity contribution in [2.45, 2.75) is 13.5 Å². The molecule has 0 aliphatic carbocycles. The van der Waals surface area contributed by atoms with Crippen LogP contribution in [0.4, 0.5) is 10.2 Å². The lowest BCUT2D eigenvalue weighted by atomic mass is 10.2. The van der Waals surface area contributed by atoms with Gasteiger partial charge in [-0.3, -0.25) is 0 Å². The van der Waals surface area contributed by atoms with E-state index >= 15 is 0 Å². The summed E-state index contributed by atoms with van der Waals surface area (Å²) in [4.78, 5) is 0. The van der Waals surface area contributed by atoms with Gasteiger partial charge in [-0.1, -0.05) is 22.8 Å². The first-order valence-corrected chi connectivity index (χ1v) is 5.14. The lowest BCUT2D eigenvalue weighted by Gasteiger charge is -2.03. The summed E-state index contributed by atoms with van der Waals surface area (Å²) in [6.07, 6.45) is 0. The standard InChI is InChI=1S/C11H10ClFN2O/c1-7-4-11(15-16-7)14-6-8-2-3-10(13)9(12)5-8/h2-5H,6H2,1H3,(H,14,15). The molecular weight excluding hydrogens is 231 g/mol. The number of aryl methyl sites for hydroxylation is 1. The first-order valence-electron chi connectivity index (χ1n) is 4.76. The molecule has 5 heteroatoms. The first kappa shape index (κ1) is 11.0. The molecular formula is C11H10ClFN2O.